The van der Waals surface area contributed by atoms with Crippen LogP contribution in [0.15, 0.2) is 36.4 Å². The van der Waals surface area contributed by atoms with Gasteiger partial charge < -0.3 is 5.73 Å². The average molecular weight is 295 g/mol. The minimum absolute atomic E-state index is 0.540. The molecule has 90 valence electrons. The van der Waals surface area contributed by atoms with Crippen LogP contribution in [-0.4, -0.2) is 4.98 Å². The molecular weight excluding hydrogens is 287 g/mol. The average Bonchev–Trinajstić information content (AvgIpc) is 2.78. The zero-order valence-electron chi connectivity index (χ0n) is 9.15. The molecule has 0 radical (unpaired) electrons. The second-order valence-corrected chi connectivity index (χ2v) is 5.62. The number of hydrogen-bond acceptors (Lipinski definition) is 3. The molecule has 0 amide bonds. The first kappa shape index (κ1) is 11.8. The summed E-state index contributed by atoms with van der Waals surface area (Å²) in [7, 11) is 0. The Bertz CT molecular complexity index is 737. The van der Waals surface area contributed by atoms with Gasteiger partial charge in [0.1, 0.15) is 5.01 Å². The lowest BCUT2D eigenvalue weighted by molar-refractivity contribution is 1.48. The third-order valence-electron chi connectivity index (χ3n) is 2.65. The van der Waals surface area contributed by atoms with Gasteiger partial charge in [0.15, 0.2) is 0 Å². The molecule has 2 aromatic carbocycles. The molecule has 0 saturated heterocycles. The molecule has 0 aliphatic heterocycles. The summed E-state index contributed by atoms with van der Waals surface area (Å²) in [6.45, 7) is 0. The van der Waals surface area contributed by atoms with Crippen molar-refractivity contribution in [1.82, 2.24) is 4.98 Å². The summed E-state index contributed by atoms with van der Waals surface area (Å²) in [6.07, 6.45) is 0. The molecule has 18 heavy (non-hydrogen) atoms. The van der Waals surface area contributed by atoms with Gasteiger partial charge >= 0.3 is 0 Å². The Morgan fingerprint density at radius 1 is 1.00 bits per heavy atom. The number of benzene rings is 2. The molecule has 0 atom stereocenters. The van der Waals surface area contributed by atoms with Gasteiger partial charge in [-0.3, -0.25) is 0 Å². The first-order valence-electron chi connectivity index (χ1n) is 5.26. The fourth-order valence-electron chi connectivity index (χ4n) is 1.75. The molecule has 3 rings (SSSR count). The van der Waals surface area contributed by atoms with Crippen LogP contribution < -0.4 is 5.73 Å². The normalized spacial score (nSPS) is 11.0. The van der Waals surface area contributed by atoms with Crippen LogP contribution in [0.2, 0.25) is 10.0 Å². The Labute approximate surface area is 118 Å². The summed E-state index contributed by atoms with van der Waals surface area (Å²) >= 11 is 13.7. The van der Waals surface area contributed by atoms with E-state index in [0.717, 1.165) is 20.8 Å². The topological polar surface area (TPSA) is 38.9 Å². The largest absolute Gasteiger partial charge is 0.397 e. The molecule has 2 N–H and O–H groups in total. The SMILES string of the molecule is Nc1c(Cl)cccc1-c1nc2cccc(Cl)c2s1. The highest BCUT2D eigenvalue weighted by Gasteiger charge is 2.12. The number of nitrogen functional groups attached to an aromatic ring is 1. The predicted octanol–water partition coefficient (Wildman–Crippen LogP) is 4.85. The van der Waals surface area contributed by atoms with Crippen LogP contribution in [0.25, 0.3) is 20.8 Å². The van der Waals surface area contributed by atoms with E-state index < -0.39 is 0 Å². The first-order valence-corrected chi connectivity index (χ1v) is 6.83. The van der Waals surface area contributed by atoms with Crippen LogP contribution in [0.3, 0.4) is 0 Å². The fourth-order valence-corrected chi connectivity index (χ4v) is 3.22. The van der Waals surface area contributed by atoms with E-state index in [0.29, 0.717) is 15.7 Å². The number of aromatic nitrogens is 1. The molecule has 0 fully saturated rings. The number of nitrogens with zero attached hydrogens (tertiary/aromatic N) is 1. The molecule has 0 saturated carbocycles. The third-order valence-corrected chi connectivity index (χ3v) is 4.54. The summed E-state index contributed by atoms with van der Waals surface area (Å²) in [6, 6.07) is 11.2. The maximum Gasteiger partial charge on any atom is 0.126 e. The molecule has 0 bridgehead atoms. The number of halogens is 2. The van der Waals surface area contributed by atoms with Crippen molar-refractivity contribution in [2.75, 3.05) is 5.73 Å². The van der Waals surface area contributed by atoms with E-state index in [9.17, 15) is 0 Å². The van der Waals surface area contributed by atoms with E-state index in [2.05, 4.69) is 4.98 Å². The Morgan fingerprint density at radius 2 is 1.72 bits per heavy atom. The van der Waals surface area contributed by atoms with Gasteiger partial charge in [-0.05, 0) is 24.3 Å². The van der Waals surface area contributed by atoms with Crippen LogP contribution >= 0.6 is 34.5 Å². The van der Waals surface area contributed by atoms with E-state index in [4.69, 9.17) is 28.9 Å². The van der Waals surface area contributed by atoms with Crippen molar-refractivity contribution in [3.8, 4) is 10.6 Å². The van der Waals surface area contributed by atoms with E-state index in [1.807, 2.05) is 30.3 Å². The summed E-state index contributed by atoms with van der Waals surface area (Å²) in [4.78, 5) is 4.54. The van der Waals surface area contributed by atoms with Gasteiger partial charge in [0.2, 0.25) is 0 Å². The van der Waals surface area contributed by atoms with Crippen LogP contribution in [-0.2, 0) is 0 Å². The minimum Gasteiger partial charge on any atom is -0.397 e. The summed E-state index contributed by atoms with van der Waals surface area (Å²) in [5.74, 6) is 0. The zero-order valence-corrected chi connectivity index (χ0v) is 11.5. The molecule has 5 heteroatoms. The van der Waals surface area contributed by atoms with Crippen molar-refractivity contribution >= 4 is 50.4 Å². The molecule has 2 nitrogen and oxygen atoms in total. The van der Waals surface area contributed by atoms with Gasteiger partial charge in [0, 0.05) is 5.56 Å². The number of nitrogens with two attached hydrogens (primary N) is 1. The first-order chi connectivity index (χ1) is 8.66. The standard InChI is InChI=1S/C13H8Cl2N2S/c14-8-4-1-3-7(11(8)16)13-17-10-6-2-5-9(15)12(10)18-13/h1-6H,16H2. The number of para-hydroxylation sites is 1. The van der Waals surface area contributed by atoms with Crippen molar-refractivity contribution in [3.63, 3.8) is 0 Å². The van der Waals surface area contributed by atoms with E-state index in [1.165, 1.54) is 11.3 Å². The van der Waals surface area contributed by atoms with Gasteiger partial charge in [0.05, 0.1) is 25.9 Å². The summed E-state index contributed by atoms with van der Waals surface area (Å²) in [5.41, 5.74) is 8.25. The quantitative estimate of drug-likeness (QED) is 0.652. The highest BCUT2D eigenvalue weighted by molar-refractivity contribution is 7.22. The number of hydrogen-bond donors (Lipinski definition) is 1. The molecule has 0 unspecified atom stereocenters. The number of fused-ring (bicyclic) bond motifs is 1. The molecule has 1 heterocycles. The smallest absolute Gasteiger partial charge is 0.126 e. The maximum absolute atomic E-state index is 6.14. The lowest BCUT2D eigenvalue weighted by Crippen LogP contribution is -1.90. The van der Waals surface area contributed by atoms with Crippen LogP contribution in [0, 0.1) is 0 Å². The molecule has 0 aliphatic carbocycles. The Hall–Kier alpha value is -1.29. The van der Waals surface area contributed by atoms with E-state index in [-0.39, 0.29) is 0 Å². The highest BCUT2D eigenvalue weighted by Crippen LogP contribution is 2.38. The Morgan fingerprint density at radius 3 is 2.50 bits per heavy atom. The van der Waals surface area contributed by atoms with Crippen LogP contribution in [0.1, 0.15) is 0 Å². The summed E-state index contributed by atoms with van der Waals surface area (Å²) < 4.78 is 0.966. The second-order valence-electron chi connectivity index (χ2n) is 3.81. The molecular formula is C13H8Cl2N2S. The van der Waals surface area contributed by atoms with E-state index >= 15 is 0 Å². The van der Waals surface area contributed by atoms with Crippen molar-refractivity contribution in [1.29, 1.82) is 0 Å². The van der Waals surface area contributed by atoms with Crippen LogP contribution in [0.5, 0.6) is 0 Å². The fraction of sp³-hybridized carbons (Fsp3) is 0. The van der Waals surface area contributed by atoms with Crippen molar-refractivity contribution in [2.24, 2.45) is 0 Å². The highest BCUT2D eigenvalue weighted by atomic mass is 35.5. The predicted molar refractivity (Wildman–Crippen MR) is 79.5 cm³/mol. The number of rotatable bonds is 1. The van der Waals surface area contributed by atoms with Gasteiger partial charge in [-0.15, -0.1) is 11.3 Å². The van der Waals surface area contributed by atoms with Gasteiger partial charge in [-0.1, -0.05) is 35.3 Å². The van der Waals surface area contributed by atoms with Gasteiger partial charge in [-0.25, -0.2) is 4.98 Å². The monoisotopic (exact) mass is 294 g/mol. The Balaban J connectivity index is 2.26. The maximum atomic E-state index is 6.14. The minimum atomic E-state index is 0.540. The molecule has 3 aromatic rings. The van der Waals surface area contributed by atoms with Crippen molar-refractivity contribution in [2.45, 2.75) is 0 Å². The van der Waals surface area contributed by atoms with Gasteiger partial charge in [0.25, 0.3) is 0 Å². The van der Waals surface area contributed by atoms with Crippen LogP contribution in [0.4, 0.5) is 5.69 Å². The second kappa shape index (κ2) is 4.43. The lowest BCUT2D eigenvalue weighted by atomic mass is 10.2. The van der Waals surface area contributed by atoms with Crippen molar-refractivity contribution in [3.05, 3.63) is 46.4 Å². The third kappa shape index (κ3) is 1.85. The zero-order chi connectivity index (χ0) is 12.7. The number of anilines is 1. The molecule has 1 aromatic heterocycles. The van der Waals surface area contributed by atoms with E-state index in [1.54, 1.807) is 6.07 Å². The van der Waals surface area contributed by atoms with Gasteiger partial charge in [-0.2, -0.15) is 0 Å². The summed E-state index contributed by atoms with van der Waals surface area (Å²) in [5, 5.41) is 2.08. The number of thiazole rings is 1. The van der Waals surface area contributed by atoms with Crippen molar-refractivity contribution < 1.29 is 0 Å². The Kier molecular flexibility index (Phi) is 2.90. The molecule has 0 spiro atoms. The molecule has 0 aliphatic rings. The lowest BCUT2D eigenvalue weighted by Gasteiger charge is -2.02.